The molecule has 2 aliphatic heterocycles. The number of rotatable bonds is 5. The molecule has 192 valence electrons. The van der Waals surface area contributed by atoms with Gasteiger partial charge in [-0.3, -0.25) is 9.80 Å². The number of urea groups is 1. The van der Waals surface area contributed by atoms with Gasteiger partial charge in [0.05, 0.1) is 17.3 Å². The first-order valence-corrected chi connectivity index (χ1v) is 13.6. The molecule has 1 aromatic heterocycles. The van der Waals surface area contributed by atoms with Crippen LogP contribution in [0.4, 0.5) is 22.0 Å². The first-order valence-electron chi connectivity index (χ1n) is 13.2. The molecule has 0 N–H and O–H groups in total. The van der Waals surface area contributed by atoms with Crippen molar-refractivity contribution < 1.29 is 4.79 Å². The van der Waals surface area contributed by atoms with Gasteiger partial charge in [-0.05, 0) is 62.6 Å². The van der Waals surface area contributed by atoms with Crippen LogP contribution in [-0.2, 0) is 13.0 Å². The maximum Gasteiger partial charge on any atom is 0.330 e. The first-order chi connectivity index (χ1) is 18.0. The molecule has 6 rings (SSSR count). The normalized spacial score (nSPS) is 18.7. The smallest absolute Gasteiger partial charge is 0.330 e. The number of para-hydroxylation sites is 1. The van der Waals surface area contributed by atoms with Crippen molar-refractivity contribution in [1.29, 1.82) is 0 Å². The Morgan fingerprint density at radius 3 is 2.46 bits per heavy atom. The number of piperazine rings is 1. The lowest BCUT2D eigenvalue weighted by atomic mass is 9.91. The fourth-order valence-corrected chi connectivity index (χ4v) is 5.81. The van der Waals surface area contributed by atoms with Crippen molar-refractivity contribution in [3.63, 3.8) is 0 Å². The number of likely N-dealkylation sites (N-methyl/N-ethyl adjacent to an activating group) is 1. The first kappa shape index (κ1) is 24.2. The number of hydrogen-bond acceptors (Lipinski definition) is 5. The SMILES string of the molecule is Cc1cccc(Cl)c1N1Cc2cnc(Cc3ccc(N4CCN(C)CC4)cc3)nc2N(C2CCC2)C1=O. The number of amides is 2. The zero-order chi connectivity index (χ0) is 25.5. The van der Waals surface area contributed by atoms with Crippen molar-refractivity contribution >= 4 is 34.8 Å². The van der Waals surface area contributed by atoms with Gasteiger partial charge in [0, 0.05) is 56.1 Å². The highest BCUT2D eigenvalue weighted by atomic mass is 35.5. The summed E-state index contributed by atoms with van der Waals surface area (Å²) in [7, 11) is 2.17. The Morgan fingerprint density at radius 2 is 1.78 bits per heavy atom. The van der Waals surface area contributed by atoms with Gasteiger partial charge in [0.2, 0.25) is 0 Å². The van der Waals surface area contributed by atoms with Crippen molar-refractivity contribution in [2.45, 2.75) is 45.2 Å². The quantitative estimate of drug-likeness (QED) is 0.462. The van der Waals surface area contributed by atoms with Crippen LogP contribution in [0.15, 0.2) is 48.7 Å². The van der Waals surface area contributed by atoms with E-state index in [9.17, 15) is 4.79 Å². The lowest BCUT2D eigenvalue weighted by Gasteiger charge is -2.43. The molecule has 2 aromatic carbocycles. The Morgan fingerprint density at radius 1 is 1.03 bits per heavy atom. The fraction of sp³-hybridized carbons (Fsp3) is 0.414. The number of aryl methyl sites for hydroxylation is 1. The second kappa shape index (κ2) is 9.95. The van der Waals surface area contributed by atoms with E-state index in [0.29, 0.717) is 18.0 Å². The topological polar surface area (TPSA) is 55.8 Å². The molecular formula is C29H33ClN6O. The van der Waals surface area contributed by atoms with Gasteiger partial charge < -0.3 is 9.80 Å². The lowest BCUT2D eigenvalue weighted by Crippen LogP contribution is -2.54. The summed E-state index contributed by atoms with van der Waals surface area (Å²) in [5.41, 5.74) is 5.15. The number of carbonyl (C=O) groups is 1. The van der Waals surface area contributed by atoms with Crippen LogP contribution in [0.25, 0.3) is 0 Å². The Labute approximate surface area is 223 Å². The molecule has 2 amide bonds. The van der Waals surface area contributed by atoms with Crippen LogP contribution in [-0.4, -0.2) is 60.2 Å². The maximum atomic E-state index is 13.8. The second-order valence-corrected chi connectivity index (χ2v) is 10.9. The van der Waals surface area contributed by atoms with Crippen molar-refractivity contribution in [3.8, 4) is 0 Å². The second-order valence-electron chi connectivity index (χ2n) is 10.5. The zero-order valence-corrected chi connectivity index (χ0v) is 22.3. The third-order valence-corrected chi connectivity index (χ3v) is 8.26. The van der Waals surface area contributed by atoms with Crippen LogP contribution < -0.4 is 14.7 Å². The molecule has 8 heteroatoms. The van der Waals surface area contributed by atoms with E-state index in [1.165, 1.54) is 11.3 Å². The monoisotopic (exact) mass is 516 g/mol. The van der Waals surface area contributed by atoms with Crippen LogP contribution >= 0.6 is 11.6 Å². The van der Waals surface area contributed by atoms with Crippen LogP contribution in [0, 0.1) is 6.92 Å². The van der Waals surface area contributed by atoms with Gasteiger partial charge >= 0.3 is 6.03 Å². The summed E-state index contributed by atoms with van der Waals surface area (Å²) < 4.78 is 0. The van der Waals surface area contributed by atoms with Gasteiger partial charge in [0.15, 0.2) is 0 Å². The molecule has 0 atom stereocenters. The summed E-state index contributed by atoms with van der Waals surface area (Å²) in [6.45, 7) is 6.70. The Hall–Kier alpha value is -3.16. The van der Waals surface area contributed by atoms with E-state index >= 15 is 0 Å². The van der Waals surface area contributed by atoms with Crippen LogP contribution in [0.5, 0.6) is 0 Å². The molecule has 0 radical (unpaired) electrons. The maximum absolute atomic E-state index is 13.8. The van der Waals surface area contributed by atoms with Crippen molar-refractivity contribution in [1.82, 2.24) is 14.9 Å². The predicted molar refractivity (Wildman–Crippen MR) is 149 cm³/mol. The third kappa shape index (κ3) is 4.66. The minimum Gasteiger partial charge on any atom is -0.369 e. The highest BCUT2D eigenvalue weighted by Gasteiger charge is 2.40. The number of nitrogens with zero attached hydrogens (tertiary/aromatic N) is 6. The van der Waals surface area contributed by atoms with Crippen LogP contribution in [0.2, 0.25) is 5.02 Å². The molecule has 0 spiro atoms. The van der Waals surface area contributed by atoms with E-state index in [0.717, 1.165) is 73.9 Å². The van der Waals surface area contributed by atoms with Gasteiger partial charge in [0.25, 0.3) is 0 Å². The van der Waals surface area contributed by atoms with Crippen molar-refractivity contribution in [2.75, 3.05) is 47.9 Å². The van der Waals surface area contributed by atoms with Gasteiger partial charge in [-0.1, -0.05) is 35.9 Å². The van der Waals surface area contributed by atoms with Gasteiger partial charge in [-0.2, -0.15) is 0 Å². The molecule has 0 bridgehead atoms. The van der Waals surface area contributed by atoms with Gasteiger partial charge in [-0.15, -0.1) is 0 Å². The van der Waals surface area contributed by atoms with Crippen LogP contribution in [0.1, 0.15) is 41.8 Å². The number of carbonyl (C=O) groups excluding carboxylic acids is 1. The average molecular weight is 517 g/mol. The Balaban J connectivity index is 1.26. The van der Waals surface area contributed by atoms with Crippen molar-refractivity contribution in [3.05, 3.63) is 76.2 Å². The minimum atomic E-state index is -0.0467. The molecule has 3 aromatic rings. The summed E-state index contributed by atoms with van der Waals surface area (Å²) in [5, 5.41) is 0.586. The van der Waals surface area contributed by atoms with Crippen molar-refractivity contribution in [2.24, 2.45) is 0 Å². The summed E-state index contributed by atoms with van der Waals surface area (Å²) in [6.07, 6.45) is 5.65. The van der Waals surface area contributed by atoms with Gasteiger partial charge in [-0.25, -0.2) is 14.8 Å². The molecule has 3 heterocycles. The Kier molecular flexibility index (Phi) is 6.51. The Bertz CT molecular complexity index is 1280. The standard InChI is InChI=1S/C29H33ClN6O/c1-20-5-3-8-25(30)27(20)35-19-22-18-31-26(32-28(22)36(29(35)37)24-6-4-7-24)17-21-9-11-23(12-10-21)34-15-13-33(2)14-16-34/h3,5,8-12,18,24H,4,6-7,13-17,19H2,1-2H3. The molecule has 1 aliphatic carbocycles. The van der Waals surface area contributed by atoms with E-state index in [1.807, 2.05) is 36.2 Å². The predicted octanol–water partition coefficient (Wildman–Crippen LogP) is 5.28. The molecule has 1 saturated carbocycles. The highest BCUT2D eigenvalue weighted by Crippen LogP contribution is 2.39. The molecule has 0 unspecified atom stereocenters. The summed E-state index contributed by atoms with van der Waals surface area (Å²) in [4.78, 5) is 32.0. The number of anilines is 3. The molecule has 7 nitrogen and oxygen atoms in total. The van der Waals surface area contributed by atoms with Gasteiger partial charge in [0.1, 0.15) is 11.6 Å². The number of benzene rings is 2. The van der Waals surface area contributed by atoms with E-state index in [1.54, 1.807) is 4.90 Å². The number of fused-ring (bicyclic) bond motifs is 1. The minimum absolute atomic E-state index is 0.0467. The number of halogens is 1. The van der Waals surface area contributed by atoms with E-state index in [2.05, 4.69) is 41.1 Å². The molecule has 3 aliphatic rings. The van der Waals surface area contributed by atoms with E-state index < -0.39 is 0 Å². The highest BCUT2D eigenvalue weighted by molar-refractivity contribution is 6.34. The summed E-state index contributed by atoms with van der Waals surface area (Å²) in [5.74, 6) is 1.50. The largest absolute Gasteiger partial charge is 0.369 e. The molecule has 1 saturated heterocycles. The number of hydrogen-bond donors (Lipinski definition) is 0. The van der Waals surface area contributed by atoms with E-state index in [-0.39, 0.29) is 12.1 Å². The molecule has 2 fully saturated rings. The fourth-order valence-electron chi connectivity index (χ4n) is 5.48. The summed E-state index contributed by atoms with van der Waals surface area (Å²) >= 11 is 6.56. The van der Waals surface area contributed by atoms with E-state index in [4.69, 9.17) is 21.6 Å². The summed E-state index contributed by atoms with van der Waals surface area (Å²) in [6, 6.07) is 14.6. The van der Waals surface area contributed by atoms with Crippen LogP contribution in [0.3, 0.4) is 0 Å². The average Bonchev–Trinajstić information content (AvgIpc) is 2.86. The third-order valence-electron chi connectivity index (χ3n) is 7.95. The molecule has 37 heavy (non-hydrogen) atoms. The zero-order valence-electron chi connectivity index (χ0n) is 21.5. The number of aromatic nitrogens is 2. The molecular weight excluding hydrogens is 484 g/mol. The lowest BCUT2D eigenvalue weighted by molar-refractivity contribution is 0.242.